The second kappa shape index (κ2) is 10.1. The zero-order valence-corrected chi connectivity index (χ0v) is 18.8. The van der Waals surface area contributed by atoms with Crippen molar-refractivity contribution in [1.82, 2.24) is 4.90 Å². The van der Waals surface area contributed by atoms with Gasteiger partial charge in [0.1, 0.15) is 11.8 Å². The lowest BCUT2D eigenvalue weighted by molar-refractivity contribution is -0.384. The number of imide groups is 1. The fraction of sp³-hybridized carbons (Fsp3) is 0.304. The van der Waals surface area contributed by atoms with Gasteiger partial charge in [0.15, 0.2) is 6.61 Å². The molecule has 34 heavy (non-hydrogen) atoms. The van der Waals surface area contributed by atoms with Gasteiger partial charge in [-0.3, -0.25) is 29.4 Å². The van der Waals surface area contributed by atoms with Crippen molar-refractivity contribution in [2.45, 2.75) is 26.3 Å². The van der Waals surface area contributed by atoms with Gasteiger partial charge in [-0.05, 0) is 30.5 Å². The zero-order valence-electron chi connectivity index (χ0n) is 18.8. The van der Waals surface area contributed by atoms with Crippen LogP contribution in [0.15, 0.2) is 42.5 Å². The number of carbonyl (C=O) groups is 4. The molecule has 0 unspecified atom stereocenters. The molecule has 1 aliphatic heterocycles. The number of esters is 1. The van der Waals surface area contributed by atoms with Gasteiger partial charge in [-0.25, -0.2) is 4.79 Å². The molecule has 0 aliphatic carbocycles. The molecular formula is C23H23N3O8. The van der Waals surface area contributed by atoms with Crippen LogP contribution in [0, 0.1) is 16.0 Å². The molecule has 3 rings (SSSR count). The minimum atomic E-state index is -1.22. The molecule has 11 nitrogen and oxygen atoms in total. The van der Waals surface area contributed by atoms with Crippen LogP contribution < -0.4 is 10.1 Å². The third-order valence-electron chi connectivity index (χ3n) is 5.12. The highest BCUT2D eigenvalue weighted by Crippen LogP contribution is 2.29. The van der Waals surface area contributed by atoms with Crippen LogP contribution >= 0.6 is 0 Å². The number of benzene rings is 2. The van der Waals surface area contributed by atoms with E-state index in [0.29, 0.717) is 0 Å². The van der Waals surface area contributed by atoms with Crippen LogP contribution in [-0.2, 0) is 14.3 Å². The Morgan fingerprint density at radius 3 is 2.24 bits per heavy atom. The summed E-state index contributed by atoms with van der Waals surface area (Å²) < 4.78 is 10.2. The second-order valence-corrected chi connectivity index (χ2v) is 7.97. The van der Waals surface area contributed by atoms with Crippen LogP contribution in [0.4, 0.5) is 11.4 Å². The highest BCUT2D eigenvalue weighted by molar-refractivity contribution is 6.22. The van der Waals surface area contributed by atoms with Crippen molar-refractivity contribution < 1.29 is 33.6 Å². The van der Waals surface area contributed by atoms with Crippen molar-refractivity contribution >= 4 is 35.1 Å². The molecule has 0 saturated heterocycles. The molecule has 11 heteroatoms. The summed E-state index contributed by atoms with van der Waals surface area (Å²) in [6.07, 6.45) is 0.143. The third-order valence-corrected chi connectivity index (χ3v) is 5.12. The average Bonchev–Trinajstić information content (AvgIpc) is 3.05. The second-order valence-electron chi connectivity index (χ2n) is 7.97. The summed E-state index contributed by atoms with van der Waals surface area (Å²) in [5.41, 5.74) is 0.154. The molecule has 0 bridgehead atoms. The maximum Gasteiger partial charge on any atom is 0.329 e. The van der Waals surface area contributed by atoms with Crippen LogP contribution in [0.25, 0.3) is 0 Å². The number of anilines is 1. The number of hydrogen-bond donors (Lipinski definition) is 1. The summed E-state index contributed by atoms with van der Waals surface area (Å²) in [6, 6.07) is 8.69. The molecule has 178 valence electrons. The van der Waals surface area contributed by atoms with Gasteiger partial charge < -0.3 is 14.8 Å². The number of carbonyl (C=O) groups excluding carboxylic acids is 4. The van der Waals surface area contributed by atoms with Crippen LogP contribution in [0.5, 0.6) is 5.75 Å². The molecule has 1 heterocycles. The summed E-state index contributed by atoms with van der Waals surface area (Å²) in [5.74, 6) is -2.79. The molecule has 2 aromatic rings. The molecule has 1 aliphatic rings. The SMILES string of the molecule is COc1ccc([N+](=O)[O-])cc1NC(=O)COC(=O)[C@@H](CC(C)C)N1C(=O)c2ccccc2C1=O. The number of ether oxygens (including phenoxy) is 2. The van der Waals surface area contributed by atoms with Crippen molar-refractivity contribution in [1.29, 1.82) is 0 Å². The number of nitrogens with zero attached hydrogens (tertiary/aromatic N) is 2. The molecule has 1 atom stereocenters. The fourth-order valence-corrected chi connectivity index (χ4v) is 3.57. The molecule has 3 amide bonds. The van der Waals surface area contributed by atoms with E-state index < -0.39 is 41.3 Å². The summed E-state index contributed by atoms with van der Waals surface area (Å²) in [6.45, 7) is 2.90. The van der Waals surface area contributed by atoms with E-state index in [1.54, 1.807) is 12.1 Å². The van der Waals surface area contributed by atoms with Gasteiger partial charge in [-0.2, -0.15) is 0 Å². The van der Waals surface area contributed by atoms with Gasteiger partial charge in [0, 0.05) is 12.1 Å². The number of nitro groups is 1. The highest BCUT2D eigenvalue weighted by atomic mass is 16.6. The number of non-ortho nitro benzene ring substituents is 1. The molecule has 2 aromatic carbocycles. The van der Waals surface area contributed by atoms with Crippen molar-refractivity contribution in [3.63, 3.8) is 0 Å². The van der Waals surface area contributed by atoms with Crippen LogP contribution in [0.1, 0.15) is 41.0 Å². The normalized spacial score (nSPS) is 13.5. The number of rotatable bonds is 9. The summed E-state index contributed by atoms with van der Waals surface area (Å²) >= 11 is 0. The van der Waals surface area contributed by atoms with E-state index in [2.05, 4.69) is 5.32 Å². The predicted octanol–water partition coefficient (Wildman–Crippen LogP) is 2.80. The Hall–Kier alpha value is -4.28. The van der Waals surface area contributed by atoms with E-state index in [1.165, 1.54) is 31.4 Å². The molecule has 0 aromatic heterocycles. The average molecular weight is 469 g/mol. The third kappa shape index (κ3) is 5.03. The predicted molar refractivity (Wildman–Crippen MR) is 119 cm³/mol. The first-order valence-corrected chi connectivity index (χ1v) is 10.4. The Morgan fingerprint density at radius 1 is 1.09 bits per heavy atom. The first kappa shape index (κ1) is 24.4. The lowest BCUT2D eigenvalue weighted by Gasteiger charge is -2.25. The first-order valence-electron chi connectivity index (χ1n) is 10.4. The quantitative estimate of drug-likeness (QED) is 0.255. The van der Waals surface area contributed by atoms with Gasteiger partial charge in [0.05, 0.1) is 28.8 Å². The molecule has 0 radical (unpaired) electrons. The maximum atomic E-state index is 12.9. The standard InChI is InChI=1S/C23H23N3O8/c1-13(2)10-18(25-21(28)15-6-4-5-7-16(15)22(25)29)23(30)34-12-20(27)24-17-11-14(26(31)32)8-9-19(17)33-3/h4-9,11,13,18H,10,12H2,1-3H3,(H,24,27)/t18-/m1/s1. The van der Waals surface area contributed by atoms with Gasteiger partial charge >= 0.3 is 5.97 Å². The Morgan fingerprint density at radius 2 is 1.71 bits per heavy atom. The minimum absolute atomic E-state index is 0.0248. The van der Waals surface area contributed by atoms with Gasteiger partial charge in [0.25, 0.3) is 23.4 Å². The fourth-order valence-electron chi connectivity index (χ4n) is 3.57. The van der Waals surface area contributed by atoms with Gasteiger partial charge in [0.2, 0.25) is 0 Å². The van der Waals surface area contributed by atoms with Crippen LogP contribution in [0.2, 0.25) is 0 Å². The summed E-state index contributed by atoms with van der Waals surface area (Å²) in [7, 11) is 1.33. The van der Waals surface area contributed by atoms with Crippen molar-refractivity contribution in [3.8, 4) is 5.75 Å². The minimum Gasteiger partial charge on any atom is -0.495 e. The zero-order chi connectivity index (χ0) is 25.0. The topological polar surface area (TPSA) is 145 Å². The molecular weight excluding hydrogens is 446 g/mol. The van der Waals surface area contributed by atoms with E-state index in [-0.39, 0.29) is 40.6 Å². The Labute approximate surface area is 194 Å². The number of hydrogen-bond acceptors (Lipinski definition) is 8. The van der Waals surface area contributed by atoms with Crippen LogP contribution in [-0.4, -0.2) is 53.3 Å². The van der Waals surface area contributed by atoms with Gasteiger partial charge in [-0.15, -0.1) is 0 Å². The maximum absolute atomic E-state index is 12.9. The van der Waals surface area contributed by atoms with E-state index >= 15 is 0 Å². The number of methoxy groups -OCH3 is 1. The molecule has 1 N–H and O–H groups in total. The Kier molecular flexibility index (Phi) is 7.24. The number of nitrogens with one attached hydrogen (secondary N) is 1. The largest absolute Gasteiger partial charge is 0.495 e. The van der Waals surface area contributed by atoms with E-state index in [0.717, 1.165) is 11.0 Å². The number of nitro benzene ring substituents is 1. The Bertz CT molecular complexity index is 1130. The lowest BCUT2D eigenvalue weighted by atomic mass is 10.0. The first-order chi connectivity index (χ1) is 16.1. The van der Waals surface area contributed by atoms with E-state index in [9.17, 15) is 29.3 Å². The molecule has 0 saturated carbocycles. The van der Waals surface area contributed by atoms with E-state index in [4.69, 9.17) is 9.47 Å². The number of fused-ring (bicyclic) bond motifs is 1. The van der Waals surface area contributed by atoms with Crippen LogP contribution in [0.3, 0.4) is 0 Å². The highest BCUT2D eigenvalue weighted by Gasteiger charge is 2.43. The monoisotopic (exact) mass is 469 g/mol. The van der Waals surface area contributed by atoms with Crippen molar-refractivity contribution in [2.24, 2.45) is 5.92 Å². The van der Waals surface area contributed by atoms with E-state index in [1.807, 2.05) is 13.8 Å². The summed E-state index contributed by atoms with van der Waals surface area (Å²) in [5, 5.41) is 13.4. The summed E-state index contributed by atoms with van der Waals surface area (Å²) in [4.78, 5) is 62.1. The Balaban J connectivity index is 1.72. The van der Waals surface area contributed by atoms with Crippen molar-refractivity contribution in [2.75, 3.05) is 19.0 Å². The van der Waals surface area contributed by atoms with Crippen molar-refractivity contribution in [3.05, 3.63) is 63.7 Å². The molecule has 0 spiro atoms. The lowest BCUT2D eigenvalue weighted by Crippen LogP contribution is -2.46. The number of amides is 3. The molecule has 0 fully saturated rings. The smallest absolute Gasteiger partial charge is 0.329 e. The van der Waals surface area contributed by atoms with Gasteiger partial charge in [-0.1, -0.05) is 26.0 Å².